The van der Waals surface area contributed by atoms with Crippen molar-refractivity contribution < 1.29 is 19.1 Å². The molecule has 0 saturated carbocycles. The fourth-order valence-corrected chi connectivity index (χ4v) is 2.04. The van der Waals surface area contributed by atoms with Crippen LogP contribution in [0, 0.1) is 18.3 Å². The van der Waals surface area contributed by atoms with Gasteiger partial charge in [-0.1, -0.05) is 18.2 Å². The number of hydrogen-bond acceptors (Lipinski definition) is 5. The molecule has 24 heavy (non-hydrogen) atoms. The maximum atomic E-state index is 12.0. The Morgan fingerprint density at radius 2 is 1.96 bits per heavy atom. The van der Waals surface area contributed by atoms with Crippen LogP contribution in [0.25, 0.3) is 0 Å². The maximum absolute atomic E-state index is 12.0. The van der Waals surface area contributed by atoms with E-state index >= 15 is 0 Å². The molecule has 0 spiro atoms. The molecule has 0 atom stereocenters. The van der Waals surface area contributed by atoms with Crippen molar-refractivity contribution in [3.63, 3.8) is 0 Å². The van der Waals surface area contributed by atoms with Gasteiger partial charge >= 0.3 is 5.97 Å². The number of esters is 1. The van der Waals surface area contributed by atoms with Gasteiger partial charge in [-0.05, 0) is 36.8 Å². The van der Waals surface area contributed by atoms with Crippen molar-refractivity contribution in [2.75, 3.05) is 19.0 Å². The first-order chi connectivity index (χ1) is 11.5. The average molecular weight is 324 g/mol. The third-order valence-electron chi connectivity index (χ3n) is 3.30. The van der Waals surface area contributed by atoms with Gasteiger partial charge in [-0.3, -0.25) is 4.79 Å². The van der Waals surface area contributed by atoms with Gasteiger partial charge in [0, 0.05) is 0 Å². The first-order valence-electron chi connectivity index (χ1n) is 7.16. The quantitative estimate of drug-likeness (QED) is 0.854. The summed E-state index contributed by atoms with van der Waals surface area (Å²) in [5.74, 6) is -0.584. The number of nitrogens with zero attached hydrogens (tertiary/aromatic N) is 1. The van der Waals surface area contributed by atoms with Gasteiger partial charge in [-0.15, -0.1) is 0 Å². The van der Waals surface area contributed by atoms with E-state index in [4.69, 9.17) is 14.7 Å². The van der Waals surface area contributed by atoms with Gasteiger partial charge in [0.1, 0.15) is 11.8 Å². The lowest BCUT2D eigenvalue weighted by Gasteiger charge is -2.09. The zero-order valence-electron chi connectivity index (χ0n) is 13.3. The molecule has 2 rings (SSSR count). The standard InChI is InChI=1S/C18H16N2O4/c1-12-7-8-13(9-16(12)23-2)18(22)24-11-17(21)20-15-6-4-3-5-14(15)10-19/h3-9H,11H2,1-2H3,(H,20,21). The topological polar surface area (TPSA) is 88.4 Å². The van der Waals surface area contributed by atoms with Crippen LogP contribution in [0.15, 0.2) is 42.5 Å². The number of nitriles is 1. The van der Waals surface area contributed by atoms with Gasteiger partial charge in [-0.25, -0.2) is 4.79 Å². The molecule has 0 heterocycles. The predicted molar refractivity (Wildman–Crippen MR) is 87.8 cm³/mol. The number of benzene rings is 2. The Morgan fingerprint density at radius 1 is 1.21 bits per heavy atom. The molecule has 0 aliphatic carbocycles. The first-order valence-corrected chi connectivity index (χ1v) is 7.16. The summed E-state index contributed by atoms with van der Waals surface area (Å²) in [4.78, 5) is 23.9. The van der Waals surface area contributed by atoms with Crippen LogP contribution in [-0.4, -0.2) is 25.6 Å². The summed E-state index contributed by atoms with van der Waals surface area (Å²) < 4.78 is 10.1. The minimum Gasteiger partial charge on any atom is -0.496 e. The first kappa shape index (κ1) is 17.0. The summed E-state index contributed by atoms with van der Waals surface area (Å²) in [6, 6.07) is 13.4. The second-order valence-corrected chi connectivity index (χ2v) is 4.97. The second-order valence-electron chi connectivity index (χ2n) is 4.97. The SMILES string of the molecule is COc1cc(C(=O)OCC(=O)Nc2ccccc2C#N)ccc1C. The second kappa shape index (κ2) is 7.79. The summed E-state index contributed by atoms with van der Waals surface area (Å²) in [5, 5.41) is 11.5. The van der Waals surface area contributed by atoms with E-state index < -0.39 is 18.5 Å². The Bertz CT molecular complexity index is 809. The van der Waals surface area contributed by atoms with Crippen LogP contribution in [0.1, 0.15) is 21.5 Å². The van der Waals surface area contributed by atoms with Crippen LogP contribution in [0.5, 0.6) is 5.75 Å². The van der Waals surface area contributed by atoms with Crippen LogP contribution >= 0.6 is 0 Å². The summed E-state index contributed by atoms with van der Waals surface area (Å²) in [7, 11) is 1.51. The van der Waals surface area contributed by atoms with Crippen molar-refractivity contribution in [2.24, 2.45) is 0 Å². The molecule has 0 aliphatic heterocycles. The highest BCUT2D eigenvalue weighted by atomic mass is 16.5. The molecule has 0 bridgehead atoms. The van der Waals surface area contributed by atoms with Gasteiger partial charge in [0.25, 0.3) is 5.91 Å². The zero-order valence-corrected chi connectivity index (χ0v) is 13.3. The molecular weight excluding hydrogens is 308 g/mol. The third kappa shape index (κ3) is 4.11. The number of nitrogens with one attached hydrogen (secondary N) is 1. The largest absolute Gasteiger partial charge is 0.496 e. The highest BCUT2D eigenvalue weighted by Crippen LogP contribution is 2.19. The lowest BCUT2D eigenvalue weighted by atomic mass is 10.1. The molecule has 0 radical (unpaired) electrons. The van der Waals surface area contributed by atoms with Crippen molar-refractivity contribution in [3.8, 4) is 11.8 Å². The Balaban J connectivity index is 1.96. The highest BCUT2D eigenvalue weighted by Gasteiger charge is 2.13. The van der Waals surface area contributed by atoms with Crippen molar-refractivity contribution >= 4 is 17.6 Å². The van der Waals surface area contributed by atoms with Crippen LogP contribution in [0.2, 0.25) is 0 Å². The van der Waals surface area contributed by atoms with E-state index in [-0.39, 0.29) is 0 Å². The van der Waals surface area contributed by atoms with Gasteiger partial charge in [0.15, 0.2) is 6.61 Å². The van der Waals surface area contributed by atoms with E-state index in [2.05, 4.69) is 5.32 Å². The third-order valence-corrected chi connectivity index (χ3v) is 3.30. The molecule has 2 aromatic rings. The molecule has 1 amide bonds. The number of aryl methyl sites for hydroxylation is 1. The number of para-hydroxylation sites is 1. The fraction of sp³-hybridized carbons (Fsp3) is 0.167. The van der Waals surface area contributed by atoms with Crippen molar-refractivity contribution in [1.29, 1.82) is 5.26 Å². The molecule has 6 heteroatoms. The summed E-state index contributed by atoms with van der Waals surface area (Å²) in [5.41, 5.74) is 1.89. The minimum atomic E-state index is -0.628. The Labute approximate surface area is 139 Å². The smallest absolute Gasteiger partial charge is 0.338 e. The average Bonchev–Trinajstić information content (AvgIpc) is 2.60. The van der Waals surface area contributed by atoms with E-state index in [1.165, 1.54) is 7.11 Å². The molecule has 0 saturated heterocycles. The van der Waals surface area contributed by atoms with Crippen LogP contribution in [0.4, 0.5) is 5.69 Å². The molecule has 6 nitrogen and oxygen atoms in total. The number of ether oxygens (including phenoxy) is 2. The lowest BCUT2D eigenvalue weighted by molar-refractivity contribution is -0.119. The van der Waals surface area contributed by atoms with E-state index in [0.717, 1.165) is 5.56 Å². The van der Waals surface area contributed by atoms with Crippen molar-refractivity contribution in [3.05, 3.63) is 59.2 Å². The van der Waals surface area contributed by atoms with Crippen molar-refractivity contribution in [2.45, 2.75) is 6.92 Å². The minimum absolute atomic E-state index is 0.294. The predicted octanol–water partition coefficient (Wildman–Crippen LogP) is 2.67. The summed E-state index contributed by atoms with van der Waals surface area (Å²) in [6.45, 7) is 1.41. The monoisotopic (exact) mass is 324 g/mol. The Hall–Kier alpha value is -3.33. The van der Waals surface area contributed by atoms with E-state index in [9.17, 15) is 9.59 Å². The number of carbonyl (C=O) groups excluding carboxylic acids is 2. The van der Waals surface area contributed by atoms with E-state index in [1.54, 1.807) is 42.5 Å². The molecule has 0 aromatic heterocycles. The number of rotatable bonds is 5. The van der Waals surface area contributed by atoms with Crippen molar-refractivity contribution in [1.82, 2.24) is 0 Å². The molecule has 2 aromatic carbocycles. The maximum Gasteiger partial charge on any atom is 0.338 e. The fourth-order valence-electron chi connectivity index (χ4n) is 2.04. The lowest BCUT2D eigenvalue weighted by Crippen LogP contribution is -2.21. The summed E-state index contributed by atoms with van der Waals surface area (Å²) >= 11 is 0. The number of anilines is 1. The highest BCUT2D eigenvalue weighted by molar-refractivity contribution is 5.96. The molecule has 0 aliphatic rings. The van der Waals surface area contributed by atoms with E-state index in [1.807, 2.05) is 13.0 Å². The van der Waals surface area contributed by atoms with Crippen LogP contribution < -0.4 is 10.1 Å². The molecule has 0 fully saturated rings. The Morgan fingerprint density at radius 3 is 2.67 bits per heavy atom. The molecule has 122 valence electrons. The molecule has 1 N–H and O–H groups in total. The van der Waals surface area contributed by atoms with Crippen LogP contribution in [-0.2, 0) is 9.53 Å². The van der Waals surface area contributed by atoms with Gasteiger partial charge in [-0.2, -0.15) is 5.26 Å². The summed E-state index contributed by atoms with van der Waals surface area (Å²) in [6.07, 6.45) is 0. The molecular formula is C18H16N2O4. The van der Waals surface area contributed by atoms with Crippen LogP contribution in [0.3, 0.4) is 0 Å². The Kier molecular flexibility index (Phi) is 5.53. The number of amides is 1. The number of carbonyl (C=O) groups is 2. The number of hydrogen-bond donors (Lipinski definition) is 1. The van der Waals surface area contributed by atoms with Gasteiger partial charge in [0.2, 0.25) is 0 Å². The van der Waals surface area contributed by atoms with E-state index in [0.29, 0.717) is 22.6 Å². The molecule has 0 unspecified atom stereocenters. The van der Waals surface area contributed by atoms with Gasteiger partial charge in [0.05, 0.1) is 23.9 Å². The van der Waals surface area contributed by atoms with Gasteiger partial charge < -0.3 is 14.8 Å². The zero-order chi connectivity index (χ0) is 17.5. The number of methoxy groups -OCH3 is 1. The normalized spacial score (nSPS) is 9.71.